The Balaban J connectivity index is 1.77. The first-order valence-corrected chi connectivity index (χ1v) is 7.93. The van der Waals surface area contributed by atoms with Gasteiger partial charge in [0.2, 0.25) is 0 Å². The van der Waals surface area contributed by atoms with Gasteiger partial charge in [-0.3, -0.25) is 4.90 Å². The van der Waals surface area contributed by atoms with Crippen molar-refractivity contribution >= 4 is 0 Å². The largest absolute Gasteiger partial charge is 0.308 e. The molecular weight excluding hydrogens is 220 g/mol. The lowest BCUT2D eigenvalue weighted by Gasteiger charge is -2.51. The highest BCUT2D eigenvalue weighted by Crippen LogP contribution is 2.46. The van der Waals surface area contributed by atoms with Crippen LogP contribution < -0.4 is 5.32 Å². The lowest BCUT2D eigenvalue weighted by molar-refractivity contribution is 0.0109. The van der Waals surface area contributed by atoms with Gasteiger partial charge in [-0.1, -0.05) is 20.3 Å². The molecule has 3 atom stereocenters. The van der Waals surface area contributed by atoms with Gasteiger partial charge in [0.25, 0.3) is 0 Å². The molecule has 3 fully saturated rings. The Hall–Kier alpha value is -0.0800. The maximum Gasteiger partial charge on any atom is 0.0309 e. The molecular formula is C16H30N2. The standard InChI is InChI=1S/C16H30N2/c1-12-10-17-16(4,13-7-8-13)11-18(12)14-6-5-9-15(14,2)3/h12-14,17H,5-11H2,1-4H3. The predicted molar refractivity (Wildman–Crippen MR) is 76.7 cm³/mol. The second-order valence-corrected chi connectivity index (χ2v) is 7.99. The summed E-state index contributed by atoms with van der Waals surface area (Å²) < 4.78 is 0. The van der Waals surface area contributed by atoms with Gasteiger partial charge in [-0.25, -0.2) is 0 Å². The first kappa shape index (κ1) is 12.9. The van der Waals surface area contributed by atoms with Crippen LogP contribution in [0.15, 0.2) is 0 Å². The zero-order chi connectivity index (χ0) is 13.0. The molecule has 1 N–H and O–H groups in total. The van der Waals surface area contributed by atoms with Crippen molar-refractivity contribution in [2.45, 2.75) is 77.4 Å². The average Bonchev–Trinajstić information content (AvgIpc) is 3.08. The maximum atomic E-state index is 3.85. The van der Waals surface area contributed by atoms with Crippen LogP contribution in [0.4, 0.5) is 0 Å². The molecule has 0 amide bonds. The van der Waals surface area contributed by atoms with Crippen LogP contribution in [-0.2, 0) is 0 Å². The Morgan fingerprint density at radius 1 is 1.11 bits per heavy atom. The van der Waals surface area contributed by atoms with Gasteiger partial charge in [0.05, 0.1) is 0 Å². The zero-order valence-electron chi connectivity index (χ0n) is 12.6. The van der Waals surface area contributed by atoms with E-state index in [-0.39, 0.29) is 0 Å². The van der Waals surface area contributed by atoms with E-state index in [0.29, 0.717) is 17.0 Å². The van der Waals surface area contributed by atoms with Crippen LogP contribution in [0.5, 0.6) is 0 Å². The average molecular weight is 250 g/mol. The van der Waals surface area contributed by atoms with Gasteiger partial charge in [0, 0.05) is 30.7 Å². The first-order chi connectivity index (χ1) is 8.42. The lowest BCUT2D eigenvalue weighted by Crippen LogP contribution is -2.66. The number of nitrogens with one attached hydrogen (secondary N) is 1. The minimum Gasteiger partial charge on any atom is -0.308 e. The molecule has 0 aromatic rings. The summed E-state index contributed by atoms with van der Waals surface area (Å²) in [5.74, 6) is 0.942. The number of piperazine rings is 1. The summed E-state index contributed by atoms with van der Waals surface area (Å²) in [6.07, 6.45) is 7.14. The molecule has 104 valence electrons. The van der Waals surface area contributed by atoms with Crippen LogP contribution in [0, 0.1) is 11.3 Å². The van der Waals surface area contributed by atoms with Gasteiger partial charge in [0.15, 0.2) is 0 Å². The zero-order valence-corrected chi connectivity index (χ0v) is 12.6. The highest BCUT2D eigenvalue weighted by atomic mass is 15.3. The van der Waals surface area contributed by atoms with Crippen LogP contribution in [0.2, 0.25) is 0 Å². The van der Waals surface area contributed by atoms with Crippen LogP contribution in [0.1, 0.15) is 59.8 Å². The summed E-state index contributed by atoms with van der Waals surface area (Å²) in [6, 6.07) is 1.52. The number of hydrogen-bond acceptors (Lipinski definition) is 2. The molecule has 3 unspecified atom stereocenters. The highest BCUT2D eigenvalue weighted by Gasteiger charge is 2.49. The topological polar surface area (TPSA) is 15.3 Å². The minimum atomic E-state index is 0.394. The van der Waals surface area contributed by atoms with Crippen molar-refractivity contribution in [2.24, 2.45) is 11.3 Å². The second-order valence-electron chi connectivity index (χ2n) is 7.99. The van der Waals surface area contributed by atoms with E-state index in [1.165, 1.54) is 45.2 Å². The van der Waals surface area contributed by atoms with Gasteiger partial charge in [0.1, 0.15) is 0 Å². The molecule has 0 spiro atoms. The molecule has 1 aliphatic heterocycles. The highest BCUT2D eigenvalue weighted by molar-refractivity contribution is 5.06. The summed E-state index contributed by atoms with van der Waals surface area (Å²) in [5.41, 5.74) is 0.918. The summed E-state index contributed by atoms with van der Waals surface area (Å²) in [5, 5.41) is 3.85. The van der Waals surface area contributed by atoms with E-state index < -0.39 is 0 Å². The van der Waals surface area contributed by atoms with Gasteiger partial charge in [-0.2, -0.15) is 0 Å². The molecule has 1 heterocycles. The molecule has 2 nitrogen and oxygen atoms in total. The van der Waals surface area contributed by atoms with Gasteiger partial charge in [-0.15, -0.1) is 0 Å². The third-order valence-electron chi connectivity index (χ3n) is 5.96. The normalized spacial score (nSPS) is 45.3. The monoisotopic (exact) mass is 250 g/mol. The van der Waals surface area contributed by atoms with E-state index in [1.807, 2.05) is 0 Å². The van der Waals surface area contributed by atoms with E-state index in [2.05, 4.69) is 37.9 Å². The summed E-state index contributed by atoms with van der Waals surface area (Å²) in [4.78, 5) is 2.85. The summed E-state index contributed by atoms with van der Waals surface area (Å²) in [6.45, 7) is 12.3. The van der Waals surface area contributed by atoms with Crippen LogP contribution in [0.25, 0.3) is 0 Å². The molecule has 3 aliphatic rings. The minimum absolute atomic E-state index is 0.394. The molecule has 0 radical (unpaired) electrons. The molecule has 2 saturated carbocycles. The van der Waals surface area contributed by atoms with Gasteiger partial charge in [-0.05, 0) is 50.9 Å². The van der Waals surface area contributed by atoms with Crippen LogP contribution >= 0.6 is 0 Å². The van der Waals surface area contributed by atoms with E-state index >= 15 is 0 Å². The van der Waals surface area contributed by atoms with Crippen molar-refractivity contribution in [3.05, 3.63) is 0 Å². The fourth-order valence-electron chi connectivity index (χ4n) is 4.42. The van der Waals surface area contributed by atoms with Crippen molar-refractivity contribution in [3.8, 4) is 0 Å². The van der Waals surface area contributed by atoms with E-state index in [0.717, 1.165) is 12.0 Å². The Morgan fingerprint density at radius 2 is 1.83 bits per heavy atom. The SMILES string of the molecule is CC1CNC(C)(C2CC2)CN1C1CCCC1(C)C. The third kappa shape index (κ3) is 2.12. The smallest absolute Gasteiger partial charge is 0.0309 e. The fourth-order valence-corrected chi connectivity index (χ4v) is 4.42. The molecule has 18 heavy (non-hydrogen) atoms. The van der Waals surface area contributed by atoms with Gasteiger partial charge >= 0.3 is 0 Å². The fraction of sp³-hybridized carbons (Fsp3) is 1.00. The van der Waals surface area contributed by atoms with Crippen molar-refractivity contribution in [1.82, 2.24) is 10.2 Å². The first-order valence-electron chi connectivity index (χ1n) is 7.93. The Kier molecular flexibility index (Phi) is 3.02. The molecule has 3 rings (SSSR count). The van der Waals surface area contributed by atoms with Crippen molar-refractivity contribution < 1.29 is 0 Å². The second kappa shape index (κ2) is 4.21. The van der Waals surface area contributed by atoms with Crippen molar-refractivity contribution in [3.63, 3.8) is 0 Å². The maximum absolute atomic E-state index is 3.85. The van der Waals surface area contributed by atoms with Crippen LogP contribution in [-0.4, -0.2) is 35.6 Å². The van der Waals surface area contributed by atoms with Crippen molar-refractivity contribution in [2.75, 3.05) is 13.1 Å². The molecule has 0 bridgehead atoms. The third-order valence-corrected chi connectivity index (χ3v) is 5.96. The molecule has 1 saturated heterocycles. The predicted octanol–water partition coefficient (Wildman–Crippen LogP) is 3.03. The Morgan fingerprint density at radius 3 is 2.39 bits per heavy atom. The molecule has 2 aliphatic carbocycles. The van der Waals surface area contributed by atoms with E-state index in [4.69, 9.17) is 0 Å². The summed E-state index contributed by atoms with van der Waals surface area (Å²) in [7, 11) is 0. The molecule has 0 aromatic heterocycles. The Bertz CT molecular complexity index is 321. The summed E-state index contributed by atoms with van der Waals surface area (Å²) >= 11 is 0. The Labute approximate surface area is 113 Å². The van der Waals surface area contributed by atoms with E-state index in [1.54, 1.807) is 0 Å². The number of rotatable bonds is 2. The lowest BCUT2D eigenvalue weighted by atomic mass is 9.82. The quantitative estimate of drug-likeness (QED) is 0.810. The van der Waals surface area contributed by atoms with Crippen molar-refractivity contribution in [1.29, 1.82) is 0 Å². The number of nitrogens with zero attached hydrogens (tertiary/aromatic N) is 1. The van der Waals surface area contributed by atoms with Crippen LogP contribution in [0.3, 0.4) is 0 Å². The molecule has 0 aromatic carbocycles. The van der Waals surface area contributed by atoms with E-state index in [9.17, 15) is 0 Å². The van der Waals surface area contributed by atoms with Gasteiger partial charge < -0.3 is 5.32 Å². The molecule has 2 heteroatoms. The number of hydrogen-bond donors (Lipinski definition) is 1.